The second-order valence-corrected chi connectivity index (χ2v) is 5.36. The zero-order valence-electron chi connectivity index (χ0n) is 12.6. The first-order valence-corrected chi connectivity index (χ1v) is 6.83. The maximum atomic E-state index is 12.4. The summed E-state index contributed by atoms with van der Waals surface area (Å²) in [5.41, 5.74) is 0.885. The Bertz CT molecular complexity index is 659. The van der Waals surface area contributed by atoms with E-state index in [0.717, 1.165) is 0 Å². The van der Waals surface area contributed by atoms with Gasteiger partial charge in [-0.2, -0.15) is 5.10 Å². The van der Waals surface area contributed by atoms with Gasteiger partial charge in [0.2, 0.25) is 0 Å². The molecule has 0 saturated heterocycles. The van der Waals surface area contributed by atoms with Crippen LogP contribution >= 0.6 is 0 Å². The molecule has 0 saturated carbocycles. The lowest BCUT2D eigenvalue weighted by Gasteiger charge is -2.17. The molecule has 7 nitrogen and oxygen atoms in total. The van der Waals surface area contributed by atoms with Crippen molar-refractivity contribution in [2.45, 2.75) is 32.9 Å². The van der Waals surface area contributed by atoms with E-state index in [4.69, 9.17) is 4.74 Å². The number of pyridine rings is 1. The summed E-state index contributed by atoms with van der Waals surface area (Å²) in [4.78, 5) is 24.2. The number of fused-ring (bicyclic) bond motifs is 1. The number of hydrogen-bond acceptors (Lipinski definition) is 4. The van der Waals surface area contributed by atoms with Crippen molar-refractivity contribution in [1.29, 1.82) is 0 Å². The molecule has 114 valence electrons. The van der Waals surface area contributed by atoms with Crippen molar-refractivity contribution in [3.63, 3.8) is 0 Å². The molecule has 0 unspecified atom stereocenters. The zero-order valence-corrected chi connectivity index (χ0v) is 12.6. The fourth-order valence-electron chi connectivity index (χ4n) is 2.11. The molecule has 0 bridgehead atoms. The Morgan fingerprint density at radius 3 is 2.76 bits per heavy atom. The number of carbonyl (C=O) groups is 1. The highest BCUT2D eigenvalue weighted by Gasteiger charge is 2.22. The SMILES string of the molecule is COC[C@@H](C)NC(=O)c1cn(C(C)C)cc2c(=O)[nH]nc1-2. The summed E-state index contributed by atoms with van der Waals surface area (Å²) < 4.78 is 6.83. The molecular weight excluding hydrogens is 272 g/mol. The van der Waals surface area contributed by atoms with Crippen molar-refractivity contribution in [2.75, 3.05) is 13.7 Å². The number of rotatable bonds is 5. The highest BCUT2D eigenvalue weighted by molar-refractivity contribution is 6.00. The molecule has 7 heteroatoms. The lowest BCUT2D eigenvalue weighted by Crippen LogP contribution is -2.36. The molecule has 0 aromatic rings. The minimum absolute atomic E-state index is 0.129. The van der Waals surface area contributed by atoms with Crippen molar-refractivity contribution in [3.05, 3.63) is 28.3 Å². The average molecular weight is 292 g/mol. The maximum absolute atomic E-state index is 12.4. The van der Waals surface area contributed by atoms with Crippen molar-refractivity contribution in [3.8, 4) is 11.3 Å². The van der Waals surface area contributed by atoms with Gasteiger partial charge in [0.05, 0.1) is 17.7 Å². The quantitative estimate of drug-likeness (QED) is 0.861. The Balaban J connectivity index is 2.42. The standard InChI is InChI=1S/C14H20N4O3/c1-8(2)18-5-10(13(19)15-9(3)7-21-4)12-11(6-18)14(20)17-16-12/h5-6,8-9H,7H2,1-4H3,(H,15,19)(H,17,20)/t9-/m1/s1. The number of nitrogens with one attached hydrogen (secondary N) is 2. The molecular formula is C14H20N4O3. The molecule has 0 aliphatic carbocycles. The molecule has 0 fully saturated rings. The van der Waals surface area contributed by atoms with E-state index < -0.39 is 0 Å². The smallest absolute Gasteiger partial charge is 0.275 e. The van der Waals surface area contributed by atoms with Crippen molar-refractivity contribution in [2.24, 2.45) is 0 Å². The lowest BCUT2D eigenvalue weighted by molar-refractivity contribution is 0.0905. The van der Waals surface area contributed by atoms with E-state index in [2.05, 4.69) is 15.5 Å². The number of amides is 1. The Morgan fingerprint density at radius 2 is 2.14 bits per heavy atom. The van der Waals surface area contributed by atoms with Crippen LogP contribution in [0.3, 0.4) is 0 Å². The number of aromatic amines is 1. The van der Waals surface area contributed by atoms with E-state index >= 15 is 0 Å². The topological polar surface area (TPSA) is 89.0 Å². The van der Waals surface area contributed by atoms with Gasteiger partial charge in [-0.3, -0.25) is 9.59 Å². The van der Waals surface area contributed by atoms with Gasteiger partial charge in [0.15, 0.2) is 0 Å². The van der Waals surface area contributed by atoms with Gasteiger partial charge in [0, 0.05) is 31.6 Å². The van der Waals surface area contributed by atoms with Gasteiger partial charge in [-0.1, -0.05) is 0 Å². The number of carbonyl (C=O) groups excluding carboxylic acids is 1. The summed E-state index contributed by atoms with van der Waals surface area (Å²) in [5.74, 6) is -0.272. The van der Waals surface area contributed by atoms with Gasteiger partial charge in [-0.25, -0.2) is 5.10 Å². The highest BCUT2D eigenvalue weighted by Crippen LogP contribution is 2.21. The summed E-state index contributed by atoms with van der Waals surface area (Å²) >= 11 is 0. The highest BCUT2D eigenvalue weighted by atomic mass is 16.5. The van der Waals surface area contributed by atoms with Crippen LogP contribution in [0.2, 0.25) is 0 Å². The van der Waals surface area contributed by atoms with Gasteiger partial charge in [-0.15, -0.1) is 0 Å². The number of aromatic nitrogens is 3. The Labute approximate surface area is 122 Å². The summed E-state index contributed by atoms with van der Waals surface area (Å²) in [6.07, 6.45) is 3.42. The van der Waals surface area contributed by atoms with Crippen molar-refractivity contribution >= 4 is 5.91 Å². The first kappa shape index (κ1) is 15.2. The van der Waals surface area contributed by atoms with E-state index in [1.165, 1.54) is 0 Å². The molecule has 2 rings (SSSR count). The summed E-state index contributed by atoms with van der Waals surface area (Å²) in [6, 6.07) is 0.00238. The predicted molar refractivity (Wildman–Crippen MR) is 78.7 cm³/mol. The average Bonchev–Trinajstić information content (AvgIpc) is 2.79. The van der Waals surface area contributed by atoms with Crippen LogP contribution in [-0.4, -0.2) is 40.4 Å². The largest absolute Gasteiger partial charge is 0.383 e. The van der Waals surface area contributed by atoms with Gasteiger partial charge in [-0.05, 0) is 20.8 Å². The van der Waals surface area contributed by atoms with Crippen LogP contribution < -0.4 is 10.9 Å². The third-order valence-electron chi connectivity index (χ3n) is 3.22. The minimum atomic E-state index is -0.293. The molecule has 2 aliphatic rings. The number of hydrogen-bond donors (Lipinski definition) is 2. The van der Waals surface area contributed by atoms with E-state index in [0.29, 0.717) is 23.4 Å². The first-order chi connectivity index (χ1) is 9.93. The molecule has 2 N–H and O–H groups in total. The normalized spacial score (nSPS) is 12.8. The Kier molecular flexibility index (Phi) is 4.42. The minimum Gasteiger partial charge on any atom is -0.383 e. The van der Waals surface area contributed by atoms with Crippen molar-refractivity contribution < 1.29 is 9.53 Å². The molecule has 0 spiro atoms. The maximum Gasteiger partial charge on any atom is 0.275 e. The van der Waals surface area contributed by atoms with Gasteiger partial charge in [0.1, 0.15) is 5.69 Å². The summed E-state index contributed by atoms with van der Waals surface area (Å²) in [5, 5.41) is 9.17. The van der Waals surface area contributed by atoms with Crippen LogP contribution in [-0.2, 0) is 4.74 Å². The summed E-state index contributed by atoms with van der Waals surface area (Å²) in [6.45, 7) is 6.22. The van der Waals surface area contributed by atoms with Crippen LogP contribution in [0.25, 0.3) is 11.3 Å². The van der Waals surface area contributed by atoms with E-state index in [1.807, 2.05) is 25.3 Å². The first-order valence-electron chi connectivity index (χ1n) is 6.83. The molecule has 0 aromatic carbocycles. The molecule has 0 aromatic heterocycles. The number of nitrogens with zero attached hydrogens (tertiary/aromatic N) is 2. The van der Waals surface area contributed by atoms with Crippen LogP contribution in [0.5, 0.6) is 0 Å². The van der Waals surface area contributed by atoms with Gasteiger partial charge >= 0.3 is 0 Å². The molecule has 2 aliphatic heterocycles. The second-order valence-electron chi connectivity index (χ2n) is 5.36. The Hall–Kier alpha value is -2.15. The third kappa shape index (κ3) is 3.13. The van der Waals surface area contributed by atoms with Crippen LogP contribution in [0.4, 0.5) is 0 Å². The molecule has 0 radical (unpaired) electrons. The predicted octanol–water partition coefficient (Wildman–Crippen LogP) is 1.02. The second kappa shape index (κ2) is 6.09. The zero-order chi connectivity index (χ0) is 15.6. The monoisotopic (exact) mass is 292 g/mol. The third-order valence-corrected chi connectivity index (χ3v) is 3.22. The number of ether oxygens (including phenoxy) is 1. The van der Waals surface area contributed by atoms with E-state index in [-0.39, 0.29) is 23.6 Å². The number of methoxy groups -OCH3 is 1. The molecule has 1 amide bonds. The van der Waals surface area contributed by atoms with Crippen LogP contribution in [0, 0.1) is 0 Å². The molecule has 2 heterocycles. The molecule has 1 atom stereocenters. The van der Waals surface area contributed by atoms with Gasteiger partial charge in [0.25, 0.3) is 11.5 Å². The van der Waals surface area contributed by atoms with E-state index in [9.17, 15) is 9.59 Å². The van der Waals surface area contributed by atoms with Crippen molar-refractivity contribution in [1.82, 2.24) is 20.1 Å². The van der Waals surface area contributed by atoms with Gasteiger partial charge < -0.3 is 14.6 Å². The molecule has 21 heavy (non-hydrogen) atoms. The fourth-order valence-corrected chi connectivity index (χ4v) is 2.11. The lowest BCUT2D eigenvalue weighted by atomic mass is 10.1. The van der Waals surface area contributed by atoms with Crippen LogP contribution in [0.15, 0.2) is 17.2 Å². The summed E-state index contributed by atoms with van der Waals surface area (Å²) in [7, 11) is 1.58. The fraction of sp³-hybridized carbons (Fsp3) is 0.500. The number of H-pyrrole nitrogens is 1. The Morgan fingerprint density at radius 1 is 1.43 bits per heavy atom. The van der Waals surface area contributed by atoms with E-state index in [1.54, 1.807) is 19.5 Å². The van der Waals surface area contributed by atoms with Crippen LogP contribution in [0.1, 0.15) is 37.2 Å².